The maximum atomic E-state index is 11.4. The summed E-state index contributed by atoms with van der Waals surface area (Å²) < 4.78 is 10.2. The van der Waals surface area contributed by atoms with Gasteiger partial charge in [-0.25, -0.2) is 9.59 Å². The number of carboxylic acid groups (broad SMARTS) is 1. The number of carboxylic acids is 1. The van der Waals surface area contributed by atoms with Crippen LogP contribution in [0.2, 0.25) is 0 Å². The van der Waals surface area contributed by atoms with E-state index in [-0.39, 0.29) is 11.0 Å². The Morgan fingerprint density at radius 2 is 2.12 bits per heavy atom. The monoisotopic (exact) mass is 332 g/mol. The number of rotatable bonds is 5. The van der Waals surface area contributed by atoms with Crippen molar-refractivity contribution in [1.82, 2.24) is 0 Å². The second kappa shape index (κ2) is 7.07. The Hall–Kier alpha value is -2.30. The third-order valence-corrected chi connectivity index (χ3v) is 4.48. The van der Waals surface area contributed by atoms with Gasteiger partial charge < -0.3 is 14.6 Å². The minimum absolute atomic E-state index is 0.00526. The van der Waals surface area contributed by atoms with Crippen molar-refractivity contribution in [2.45, 2.75) is 53.2 Å². The van der Waals surface area contributed by atoms with E-state index in [0.717, 1.165) is 25.5 Å². The van der Waals surface area contributed by atoms with Gasteiger partial charge >= 0.3 is 11.9 Å². The molecule has 5 heteroatoms. The molecule has 1 aliphatic heterocycles. The van der Waals surface area contributed by atoms with Crippen molar-refractivity contribution in [3.63, 3.8) is 0 Å². The fraction of sp³-hybridized carbons (Fsp3) is 0.474. The first-order valence-electron chi connectivity index (χ1n) is 8.07. The topological polar surface area (TPSA) is 72.8 Å². The van der Waals surface area contributed by atoms with Crippen LogP contribution in [0.4, 0.5) is 0 Å². The van der Waals surface area contributed by atoms with Crippen LogP contribution in [0, 0.1) is 5.41 Å². The number of esters is 1. The van der Waals surface area contributed by atoms with E-state index in [4.69, 9.17) is 9.47 Å². The Morgan fingerprint density at radius 1 is 1.42 bits per heavy atom. The Bertz CT molecular complexity index is 661. The third kappa shape index (κ3) is 4.16. The molecule has 2 rings (SSSR count). The summed E-state index contributed by atoms with van der Waals surface area (Å²) in [5, 5.41) is 9.34. The molecule has 5 nitrogen and oxygen atoms in total. The highest BCUT2D eigenvalue weighted by Crippen LogP contribution is 2.40. The third-order valence-electron chi connectivity index (χ3n) is 4.48. The first-order valence-corrected chi connectivity index (χ1v) is 8.07. The van der Waals surface area contributed by atoms with Crippen molar-refractivity contribution in [2.24, 2.45) is 5.41 Å². The lowest BCUT2D eigenvalue weighted by Gasteiger charge is -2.32. The summed E-state index contributed by atoms with van der Waals surface area (Å²) in [5.74, 6) is -1.55. The molecule has 1 N–H and O–H groups in total. The van der Waals surface area contributed by atoms with E-state index < -0.39 is 18.2 Å². The quantitative estimate of drug-likeness (QED) is 0.358. The molecule has 24 heavy (non-hydrogen) atoms. The summed E-state index contributed by atoms with van der Waals surface area (Å²) >= 11 is 0. The van der Waals surface area contributed by atoms with E-state index >= 15 is 0 Å². The number of carbonyl (C=O) groups is 2. The number of hydrogen-bond acceptors (Lipinski definition) is 4. The Labute approximate surface area is 142 Å². The number of carbonyl (C=O) groups excluding carboxylic acids is 1. The number of ether oxygens (including phenoxy) is 2. The number of aliphatic carboxylic acids is 1. The van der Waals surface area contributed by atoms with Gasteiger partial charge in [0.2, 0.25) is 0 Å². The van der Waals surface area contributed by atoms with Gasteiger partial charge in [-0.15, -0.1) is 0 Å². The van der Waals surface area contributed by atoms with Crippen LogP contribution in [-0.4, -0.2) is 23.3 Å². The van der Waals surface area contributed by atoms with Crippen molar-refractivity contribution < 1.29 is 24.2 Å². The van der Waals surface area contributed by atoms with Gasteiger partial charge in [-0.3, -0.25) is 0 Å². The molecule has 1 atom stereocenters. The lowest BCUT2D eigenvalue weighted by Crippen LogP contribution is -2.19. The molecule has 0 spiro atoms. The molecule has 2 aliphatic rings. The lowest BCUT2D eigenvalue weighted by atomic mass is 9.72. The van der Waals surface area contributed by atoms with E-state index in [0.29, 0.717) is 5.57 Å². The van der Waals surface area contributed by atoms with Gasteiger partial charge in [-0.1, -0.05) is 25.5 Å². The van der Waals surface area contributed by atoms with E-state index in [2.05, 4.69) is 20.8 Å². The number of hydrogen-bond donors (Lipinski definition) is 1. The summed E-state index contributed by atoms with van der Waals surface area (Å²) in [6, 6.07) is 0. The smallest absolute Gasteiger partial charge is 0.338 e. The van der Waals surface area contributed by atoms with E-state index in [1.165, 1.54) is 17.2 Å². The average Bonchev–Trinajstić information content (AvgIpc) is 2.79. The normalized spacial score (nSPS) is 24.2. The summed E-state index contributed by atoms with van der Waals surface area (Å²) in [7, 11) is 0. The van der Waals surface area contributed by atoms with Crippen LogP contribution >= 0.6 is 0 Å². The molecule has 0 bridgehead atoms. The molecule has 0 radical (unpaired) electrons. The van der Waals surface area contributed by atoms with Gasteiger partial charge in [-0.2, -0.15) is 0 Å². The number of cyclic esters (lactones) is 1. The Balaban J connectivity index is 2.15. The Kier molecular flexibility index (Phi) is 5.32. The summed E-state index contributed by atoms with van der Waals surface area (Å²) in [4.78, 5) is 22.7. The molecule has 0 saturated heterocycles. The summed E-state index contributed by atoms with van der Waals surface area (Å²) in [5.41, 5.74) is 2.95. The van der Waals surface area contributed by atoms with Crippen LogP contribution in [0.3, 0.4) is 0 Å². The van der Waals surface area contributed by atoms with Crippen LogP contribution in [0.1, 0.15) is 47.0 Å². The average molecular weight is 332 g/mol. The van der Waals surface area contributed by atoms with Crippen molar-refractivity contribution in [3.8, 4) is 0 Å². The molecular weight excluding hydrogens is 308 g/mol. The zero-order valence-electron chi connectivity index (χ0n) is 14.6. The van der Waals surface area contributed by atoms with Gasteiger partial charge in [0, 0.05) is 11.6 Å². The molecule has 1 heterocycles. The van der Waals surface area contributed by atoms with Gasteiger partial charge in [0.1, 0.15) is 6.26 Å². The van der Waals surface area contributed by atoms with Crippen LogP contribution in [0.15, 0.2) is 46.8 Å². The predicted octanol–water partition coefficient (Wildman–Crippen LogP) is 3.88. The molecule has 0 saturated carbocycles. The summed E-state index contributed by atoms with van der Waals surface area (Å²) in [6.45, 7) is 8.05. The molecule has 1 aliphatic carbocycles. The second-order valence-corrected chi connectivity index (χ2v) is 6.90. The van der Waals surface area contributed by atoms with E-state index in [1.807, 2.05) is 6.08 Å². The largest absolute Gasteiger partial charge is 0.478 e. The lowest BCUT2D eigenvalue weighted by molar-refractivity contribution is -0.152. The van der Waals surface area contributed by atoms with E-state index in [9.17, 15) is 14.7 Å². The van der Waals surface area contributed by atoms with Crippen molar-refractivity contribution in [3.05, 3.63) is 46.8 Å². The van der Waals surface area contributed by atoms with Crippen LogP contribution in [0.25, 0.3) is 0 Å². The molecule has 0 aromatic rings. The standard InChI is InChI=1S/C19H24O5/c1-12-6-5-9-19(3,4)15(12)8-7-14(17(20)21)11-23-16-10-13(2)18(22)24-16/h7-8,10-11,16H,5-6,9H2,1-4H3,(H,20,21). The molecular formula is C19H24O5. The minimum Gasteiger partial charge on any atom is -0.478 e. The molecule has 0 amide bonds. The van der Waals surface area contributed by atoms with Crippen LogP contribution < -0.4 is 0 Å². The highest BCUT2D eigenvalue weighted by molar-refractivity contribution is 5.90. The molecule has 0 aromatic carbocycles. The van der Waals surface area contributed by atoms with Gasteiger partial charge in [0.25, 0.3) is 6.29 Å². The van der Waals surface area contributed by atoms with Crippen molar-refractivity contribution in [1.29, 1.82) is 0 Å². The van der Waals surface area contributed by atoms with Gasteiger partial charge in [-0.05, 0) is 50.2 Å². The first kappa shape index (κ1) is 18.0. The van der Waals surface area contributed by atoms with Crippen molar-refractivity contribution in [2.75, 3.05) is 0 Å². The predicted molar refractivity (Wildman–Crippen MR) is 89.9 cm³/mol. The first-order chi connectivity index (χ1) is 11.2. The molecule has 130 valence electrons. The maximum absolute atomic E-state index is 11.4. The Morgan fingerprint density at radius 3 is 2.67 bits per heavy atom. The van der Waals surface area contributed by atoms with Crippen LogP contribution in [0.5, 0.6) is 0 Å². The maximum Gasteiger partial charge on any atom is 0.338 e. The minimum atomic E-state index is -1.09. The molecule has 0 aromatic heterocycles. The fourth-order valence-electron chi connectivity index (χ4n) is 3.06. The van der Waals surface area contributed by atoms with Gasteiger partial charge in [0.05, 0.1) is 5.57 Å². The summed E-state index contributed by atoms with van der Waals surface area (Å²) in [6.07, 6.45) is 8.44. The van der Waals surface area contributed by atoms with Crippen LogP contribution in [-0.2, 0) is 19.1 Å². The highest BCUT2D eigenvalue weighted by atomic mass is 16.7. The van der Waals surface area contributed by atoms with E-state index in [1.54, 1.807) is 13.0 Å². The highest BCUT2D eigenvalue weighted by Gasteiger charge is 2.27. The fourth-order valence-corrected chi connectivity index (χ4v) is 3.06. The van der Waals surface area contributed by atoms with Crippen molar-refractivity contribution >= 4 is 11.9 Å². The molecule has 0 fully saturated rings. The zero-order chi connectivity index (χ0) is 17.9. The SMILES string of the molecule is CC1=CC(OC=C(C=CC2=C(C)CCCC2(C)C)C(=O)O)OC1=O. The number of allylic oxidation sites excluding steroid dienone is 3. The second-order valence-electron chi connectivity index (χ2n) is 6.90. The molecule has 1 unspecified atom stereocenters. The zero-order valence-corrected chi connectivity index (χ0v) is 14.6. The van der Waals surface area contributed by atoms with Gasteiger partial charge in [0.15, 0.2) is 0 Å².